The zero-order valence-corrected chi connectivity index (χ0v) is 19.3. The molecule has 2 N–H and O–H groups in total. The van der Waals surface area contributed by atoms with E-state index in [4.69, 9.17) is 4.99 Å². The van der Waals surface area contributed by atoms with Crippen molar-refractivity contribution in [2.24, 2.45) is 4.99 Å². The maximum Gasteiger partial charge on any atom is 0.251 e. The Morgan fingerprint density at radius 1 is 1.38 bits per heavy atom. The molecule has 26 heavy (non-hydrogen) atoms. The Kier molecular flexibility index (Phi) is 9.78. The Morgan fingerprint density at radius 2 is 2.15 bits per heavy atom. The second kappa shape index (κ2) is 11.0. The Morgan fingerprint density at radius 3 is 2.81 bits per heavy atom. The van der Waals surface area contributed by atoms with Crippen molar-refractivity contribution in [3.8, 4) is 0 Å². The second-order valence-electron chi connectivity index (χ2n) is 6.79. The molecule has 1 aliphatic heterocycles. The van der Waals surface area contributed by atoms with E-state index in [0.717, 1.165) is 43.3 Å². The van der Waals surface area contributed by atoms with Gasteiger partial charge in [-0.3, -0.25) is 9.79 Å². The molecular weight excluding hydrogens is 459 g/mol. The number of hydrogen-bond acceptors (Lipinski definition) is 3. The molecule has 0 bridgehead atoms. The quantitative estimate of drug-likeness (QED) is 0.379. The van der Waals surface area contributed by atoms with Crippen molar-refractivity contribution in [2.45, 2.75) is 31.9 Å². The first kappa shape index (κ1) is 23.1. The van der Waals surface area contributed by atoms with Crippen molar-refractivity contribution in [2.75, 3.05) is 39.0 Å². The Balaban J connectivity index is 0.00000338. The lowest BCUT2D eigenvalue weighted by Gasteiger charge is -2.39. The number of nitrogens with zero attached hydrogens (tertiary/aromatic N) is 2. The first-order valence-electron chi connectivity index (χ1n) is 8.93. The standard InChI is InChI=1S/C19H30N4OS.HI/c1-5-21-18(23-11-12-25-19(2,3)14-23)22-10-9-15-7-6-8-16(13-15)17(24)20-4;/h6-8,13H,5,9-12,14H2,1-4H3,(H,20,24)(H,21,22);1H. The predicted molar refractivity (Wildman–Crippen MR) is 123 cm³/mol. The van der Waals surface area contributed by atoms with Gasteiger partial charge in [0.2, 0.25) is 0 Å². The van der Waals surface area contributed by atoms with Crippen LogP contribution < -0.4 is 10.6 Å². The average molecular weight is 490 g/mol. The van der Waals surface area contributed by atoms with Crippen LogP contribution >= 0.6 is 35.7 Å². The highest BCUT2D eigenvalue weighted by atomic mass is 127. The number of aliphatic imine (C=N–C) groups is 1. The normalized spacial score (nSPS) is 16.6. The van der Waals surface area contributed by atoms with Gasteiger partial charge in [-0.1, -0.05) is 12.1 Å². The summed E-state index contributed by atoms with van der Waals surface area (Å²) in [6.07, 6.45) is 0.825. The molecule has 1 amide bonds. The number of benzene rings is 1. The van der Waals surface area contributed by atoms with E-state index < -0.39 is 0 Å². The number of carbonyl (C=O) groups is 1. The summed E-state index contributed by atoms with van der Waals surface area (Å²) in [4.78, 5) is 18.9. The lowest BCUT2D eigenvalue weighted by Crippen LogP contribution is -2.51. The maximum absolute atomic E-state index is 11.7. The molecule has 0 spiro atoms. The van der Waals surface area contributed by atoms with Gasteiger partial charge in [0.1, 0.15) is 0 Å². The number of nitrogens with one attached hydrogen (secondary N) is 2. The molecule has 5 nitrogen and oxygen atoms in total. The van der Waals surface area contributed by atoms with E-state index in [1.807, 2.05) is 30.0 Å². The van der Waals surface area contributed by atoms with E-state index in [1.54, 1.807) is 7.05 Å². The van der Waals surface area contributed by atoms with Crippen molar-refractivity contribution in [3.05, 3.63) is 35.4 Å². The first-order chi connectivity index (χ1) is 11.9. The van der Waals surface area contributed by atoms with Gasteiger partial charge in [-0.05, 0) is 44.9 Å². The Labute approximate surface area is 178 Å². The molecule has 0 unspecified atom stereocenters. The highest BCUT2D eigenvalue weighted by Gasteiger charge is 2.28. The van der Waals surface area contributed by atoms with Crippen LogP contribution in [-0.4, -0.2) is 60.5 Å². The third-order valence-electron chi connectivity index (χ3n) is 4.14. The van der Waals surface area contributed by atoms with Crippen LogP contribution in [0.1, 0.15) is 36.7 Å². The van der Waals surface area contributed by atoms with Crippen LogP contribution in [0.15, 0.2) is 29.3 Å². The summed E-state index contributed by atoms with van der Waals surface area (Å²) >= 11 is 2.02. The van der Waals surface area contributed by atoms with Gasteiger partial charge in [-0.25, -0.2) is 0 Å². The van der Waals surface area contributed by atoms with Gasteiger partial charge < -0.3 is 15.5 Å². The summed E-state index contributed by atoms with van der Waals surface area (Å²) in [7, 11) is 1.65. The average Bonchev–Trinajstić information content (AvgIpc) is 2.59. The van der Waals surface area contributed by atoms with Crippen molar-refractivity contribution in [1.82, 2.24) is 15.5 Å². The van der Waals surface area contributed by atoms with Gasteiger partial charge in [-0.2, -0.15) is 11.8 Å². The van der Waals surface area contributed by atoms with Crippen molar-refractivity contribution < 1.29 is 4.79 Å². The number of hydrogen-bond donors (Lipinski definition) is 2. The number of rotatable bonds is 5. The molecule has 7 heteroatoms. The van der Waals surface area contributed by atoms with Gasteiger partial charge in [0.15, 0.2) is 5.96 Å². The molecule has 0 atom stereocenters. The van der Waals surface area contributed by atoms with Crippen LogP contribution in [0.25, 0.3) is 0 Å². The zero-order valence-electron chi connectivity index (χ0n) is 16.2. The van der Waals surface area contributed by atoms with Gasteiger partial charge >= 0.3 is 0 Å². The summed E-state index contributed by atoms with van der Waals surface area (Å²) in [5.74, 6) is 2.08. The van der Waals surface area contributed by atoms with Crippen molar-refractivity contribution >= 4 is 47.6 Å². The number of guanidine groups is 1. The highest BCUT2D eigenvalue weighted by molar-refractivity contribution is 14.0. The molecular formula is C19H31IN4OS. The predicted octanol–water partition coefficient (Wildman–Crippen LogP) is 3.00. The van der Waals surface area contributed by atoms with E-state index in [-0.39, 0.29) is 34.6 Å². The van der Waals surface area contributed by atoms with Crippen molar-refractivity contribution in [3.63, 3.8) is 0 Å². The van der Waals surface area contributed by atoms with Crippen LogP contribution in [-0.2, 0) is 6.42 Å². The summed E-state index contributed by atoms with van der Waals surface area (Å²) in [5.41, 5.74) is 1.83. The number of amides is 1. The summed E-state index contributed by atoms with van der Waals surface area (Å²) in [5, 5.41) is 6.08. The Bertz CT molecular complexity index is 621. The van der Waals surface area contributed by atoms with Crippen LogP contribution in [0.2, 0.25) is 0 Å². The molecule has 1 saturated heterocycles. The monoisotopic (exact) mass is 490 g/mol. The number of thioether (sulfide) groups is 1. The molecule has 2 rings (SSSR count). The molecule has 0 saturated carbocycles. The Hall–Kier alpha value is -0.960. The molecule has 0 radical (unpaired) electrons. The molecule has 1 heterocycles. The summed E-state index contributed by atoms with van der Waals surface area (Å²) < 4.78 is 0.260. The molecule has 1 aliphatic rings. The van der Waals surface area contributed by atoms with Crippen LogP contribution in [0.4, 0.5) is 0 Å². The van der Waals surface area contributed by atoms with E-state index >= 15 is 0 Å². The lowest BCUT2D eigenvalue weighted by atomic mass is 10.1. The van der Waals surface area contributed by atoms with Crippen LogP contribution in [0, 0.1) is 0 Å². The van der Waals surface area contributed by atoms with Gasteiger partial charge in [0.05, 0.1) is 0 Å². The fourth-order valence-electron chi connectivity index (χ4n) is 2.93. The highest BCUT2D eigenvalue weighted by Crippen LogP contribution is 2.29. The van der Waals surface area contributed by atoms with Crippen LogP contribution in [0.3, 0.4) is 0 Å². The zero-order chi connectivity index (χ0) is 18.3. The number of carbonyl (C=O) groups excluding carboxylic acids is 1. The fraction of sp³-hybridized carbons (Fsp3) is 0.579. The van der Waals surface area contributed by atoms with Crippen LogP contribution in [0.5, 0.6) is 0 Å². The summed E-state index contributed by atoms with van der Waals surface area (Å²) in [6.45, 7) is 10.3. The largest absolute Gasteiger partial charge is 0.357 e. The molecule has 1 aromatic carbocycles. The minimum absolute atomic E-state index is 0. The van der Waals surface area contributed by atoms with E-state index in [2.05, 4.69) is 42.4 Å². The maximum atomic E-state index is 11.7. The van der Waals surface area contributed by atoms with E-state index in [9.17, 15) is 4.79 Å². The van der Waals surface area contributed by atoms with E-state index in [0.29, 0.717) is 12.1 Å². The minimum atomic E-state index is -0.0493. The second-order valence-corrected chi connectivity index (χ2v) is 8.60. The molecule has 0 aliphatic carbocycles. The molecule has 146 valence electrons. The smallest absolute Gasteiger partial charge is 0.251 e. The number of halogens is 1. The van der Waals surface area contributed by atoms with E-state index in [1.165, 1.54) is 0 Å². The minimum Gasteiger partial charge on any atom is -0.357 e. The first-order valence-corrected chi connectivity index (χ1v) is 9.92. The van der Waals surface area contributed by atoms with Crippen molar-refractivity contribution in [1.29, 1.82) is 0 Å². The molecule has 0 aromatic heterocycles. The third-order valence-corrected chi connectivity index (χ3v) is 5.44. The lowest BCUT2D eigenvalue weighted by molar-refractivity contribution is 0.0963. The fourth-order valence-corrected chi connectivity index (χ4v) is 4.04. The van der Waals surface area contributed by atoms with Gasteiger partial charge in [0.25, 0.3) is 5.91 Å². The SMILES string of the molecule is CCNC(=NCCc1cccc(C(=O)NC)c1)N1CCSC(C)(C)C1.I. The topological polar surface area (TPSA) is 56.7 Å². The van der Waals surface area contributed by atoms with Gasteiger partial charge in [-0.15, -0.1) is 24.0 Å². The molecule has 1 fully saturated rings. The third kappa shape index (κ3) is 6.98. The van der Waals surface area contributed by atoms with Gasteiger partial charge in [0, 0.05) is 49.3 Å². The molecule has 1 aromatic rings. The summed E-state index contributed by atoms with van der Waals surface area (Å²) in [6, 6.07) is 7.76.